The van der Waals surface area contributed by atoms with E-state index in [1.807, 2.05) is 42.5 Å². The van der Waals surface area contributed by atoms with Gasteiger partial charge in [-0.2, -0.15) is 0 Å². The molecule has 0 amide bonds. The van der Waals surface area contributed by atoms with Gasteiger partial charge in [0, 0.05) is 18.1 Å². The van der Waals surface area contributed by atoms with Gasteiger partial charge in [-0.25, -0.2) is 4.98 Å². The molecule has 0 radical (unpaired) electrons. The fourth-order valence-electron chi connectivity index (χ4n) is 3.99. The van der Waals surface area contributed by atoms with Crippen molar-refractivity contribution in [1.29, 1.82) is 0 Å². The molecular formula is C25H23ClN2O4. The maximum atomic E-state index is 10.0. The molecule has 5 rings (SSSR count). The molecule has 0 aliphatic carbocycles. The van der Waals surface area contributed by atoms with E-state index in [0.717, 1.165) is 27.7 Å². The van der Waals surface area contributed by atoms with Gasteiger partial charge in [-0.1, -0.05) is 66.2 Å². The lowest BCUT2D eigenvalue weighted by Gasteiger charge is -2.32. The molecule has 1 fully saturated rings. The van der Waals surface area contributed by atoms with Gasteiger partial charge in [-0.05, 0) is 17.2 Å². The molecule has 1 saturated heterocycles. The van der Waals surface area contributed by atoms with Crippen molar-refractivity contribution in [2.75, 3.05) is 13.2 Å². The van der Waals surface area contributed by atoms with E-state index in [2.05, 4.69) is 29.2 Å². The summed E-state index contributed by atoms with van der Waals surface area (Å²) in [4.78, 5) is 7.92. The van der Waals surface area contributed by atoms with E-state index >= 15 is 0 Å². The summed E-state index contributed by atoms with van der Waals surface area (Å²) in [6, 6.07) is 22.0. The normalized spacial score (nSPS) is 21.0. The molecule has 3 atom stereocenters. The number of nitrogens with one attached hydrogen (secondary N) is 1. The van der Waals surface area contributed by atoms with E-state index in [-0.39, 0.29) is 12.7 Å². The molecule has 3 N–H and O–H groups in total. The van der Waals surface area contributed by atoms with Gasteiger partial charge < -0.3 is 24.7 Å². The summed E-state index contributed by atoms with van der Waals surface area (Å²) in [5.41, 5.74) is 5.41. The molecule has 1 aliphatic heterocycles. The zero-order valence-corrected chi connectivity index (χ0v) is 18.0. The number of hydrogen-bond acceptors (Lipinski definition) is 5. The van der Waals surface area contributed by atoms with E-state index in [0.29, 0.717) is 29.6 Å². The van der Waals surface area contributed by atoms with E-state index < -0.39 is 12.2 Å². The van der Waals surface area contributed by atoms with Gasteiger partial charge in [0.25, 0.3) is 0 Å². The third-order valence-corrected chi connectivity index (χ3v) is 5.99. The number of halogens is 1. The van der Waals surface area contributed by atoms with Gasteiger partial charge in [0.2, 0.25) is 0 Å². The molecule has 7 heteroatoms. The Labute approximate surface area is 190 Å². The van der Waals surface area contributed by atoms with Gasteiger partial charge in [0.15, 0.2) is 5.88 Å². The predicted molar refractivity (Wildman–Crippen MR) is 124 cm³/mol. The van der Waals surface area contributed by atoms with Crippen LogP contribution in [0.4, 0.5) is 0 Å². The molecule has 0 unspecified atom stereocenters. The third-order valence-electron chi connectivity index (χ3n) is 5.70. The number of hydrogen-bond donors (Lipinski definition) is 3. The molecular weight excluding hydrogens is 428 g/mol. The second-order valence-electron chi connectivity index (χ2n) is 7.93. The van der Waals surface area contributed by atoms with Crippen LogP contribution in [0.25, 0.3) is 33.4 Å². The highest BCUT2D eigenvalue weighted by molar-refractivity contribution is 6.33. The number of benzene rings is 2. The smallest absolute Gasteiger partial charge is 0.193 e. The first-order valence-corrected chi connectivity index (χ1v) is 10.9. The first-order chi connectivity index (χ1) is 15.6. The van der Waals surface area contributed by atoms with Crippen molar-refractivity contribution in [3.63, 3.8) is 0 Å². The molecule has 0 bridgehead atoms. The Morgan fingerprint density at radius 2 is 1.75 bits per heavy atom. The average molecular weight is 451 g/mol. The Morgan fingerprint density at radius 1 is 1.03 bits per heavy atom. The molecule has 2 aromatic heterocycles. The number of fused-ring (bicyclic) bond motifs is 1. The van der Waals surface area contributed by atoms with Crippen molar-refractivity contribution in [1.82, 2.24) is 9.97 Å². The Morgan fingerprint density at radius 3 is 2.47 bits per heavy atom. The number of aromatic nitrogens is 2. The zero-order chi connectivity index (χ0) is 22.1. The molecule has 6 nitrogen and oxygen atoms in total. The molecule has 164 valence electrons. The fraction of sp³-hybridized carbons (Fsp3) is 0.240. The van der Waals surface area contributed by atoms with Crippen molar-refractivity contribution in [2.24, 2.45) is 0 Å². The monoisotopic (exact) mass is 450 g/mol. The Hall–Kier alpha value is -2.90. The molecule has 0 saturated carbocycles. The van der Waals surface area contributed by atoms with Crippen LogP contribution in [0.2, 0.25) is 5.02 Å². The van der Waals surface area contributed by atoms with Crippen molar-refractivity contribution >= 4 is 22.6 Å². The van der Waals surface area contributed by atoms with Crippen LogP contribution in [0, 0.1) is 0 Å². The Balaban J connectivity index is 1.37. The first-order valence-electron chi connectivity index (χ1n) is 10.5. The summed E-state index contributed by atoms with van der Waals surface area (Å²) >= 11 is 6.55. The predicted octanol–water partition coefficient (Wildman–Crippen LogP) is 4.44. The second-order valence-corrected chi connectivity index (χ2v) is 8.33. The van der Waals surface area contributed by atoms with E-state index in [4.69, 9.17) is 26.1 Å². The van der Waals surface area contributed by atoms with Crippen LogP contribution in [0.5, 0.6) is 5.88 Å². The number of aliphatic hydroxyl groups excluding tert-OH is 2. The summed E-state index contributed by atoms with van der Waals surface area (Å²) in [7, 11) is 0. The summed E-state index contributed by atoms with van der Waals surface area (Å²) in [6.45, 7) is 0.0860. The van der Waals surface area contributed by atoms with Crippen molar-refractivity contribution in [2.45, 2.75) is 24.7 Å². The van der Waals surface area contributed by atoms with Gasteiger partial charge in [-0.15, -0.1) is 0 Å². The Bertz CT molecular complexity index is 1210. The number of aliphatic hydroxyl groups is 2. The summed E-state index contributed by atoms with van der Waals surface area (Å²) in [5, 5.41) is 19.8. The SMILES string of the molecule is OC[C@H]1OC[C@H](Oc2cc3nc(-c4ccc(-c5ccccc5)cc4)c(Cl)cc3[nH]2)C[C@@H]1O. The van der Waals surface area contributed by atoms with E-state index in [9.17, 15) is 10.2 Å². The second kappa shape index (κ2) is 8.92. The minimum Gasteiger partial charge on any atom is -0.473 e. The van der Waals surface area contributed by atoms with E-state index in [1.165, 1.54) is 0 Å². The number of aromatic amines is 1. The van der Waals surface area contributed by atoms with Crippen LogP contribution in [0.1, 0.15) is 6.42 Å². The topological polar surface area (TPSA) is 87.6 Å². The Kier molecular flexibility index (Phi) is 5.85. The van der Waals surface area contributed by atoms with E-state index in [1.54, 1.807) is 0 Å². The molecule has 0 spiro atoms. The number of nitrogens with zero attached hydrogens (tertiary/aromatic N) is 1. The van der Waals surface area contributed by atoms with Crippen molar-refractivity contribution < 1.29 is 19.7 Å². The van der Waals surface area contributed by atoms with Crippen LogP contribution in [0.15, 0.2) is 66.7 Å². The highest BCUT2D eigenvalue weighted by Crippen LogP contribution is 2.32. The van der Waals surface area contributed by atoms with Gasteiger partial charge >= 0.3 is 0 Å². The zero-order valence-electron chi connectivity index (χ0n) is 17.2. The fourth-order valence-corrected chi connectivity index (χ4v) is 4.25. The van der Waals surface area contributed by atoms with Crippen LogP contribution >= 0.6 is 11.6 Å². The van der Waals surface area contributed by atoms with Gasteiger partial charge in [-0.3, -0.25) is 0 Å². The lowest BCUT2D eigenvalue weighted by molar-refractivity contribution is -0.131. The van der Waals surface area contributed by atoms with Crippen molar-refractivity contribution in [3.8, 4) is 28.3 Å². The summed E-state index contributed by atoms with van der Waals surface area (Å²) in [5.74, 6) is 0.531. The lowest BCUT2D eigenvalue weighted by atomic mass is 10.0. The summed E-state index contributed by atoms with van der Waals surface area (Å²) in [6.07, 6.45) is -1.26. The quantitative estimate of drug-likeness (QED) is 0.418. The molecule has 1 aliphatic rings. The minimum absolute atomic E-state index is 0.211. The summed E-state index contributed by atoms with van der Waals surface area (Å²) < 4.78 is 11.4. The number of pyridine rings is 1. The van der Waals surface area contributed by atoms with Crippen molar-refractivity contribution in [3.05, 3.63) is 71.8 Å². The standard InChI is InChI=1S/C25H23ClN2O4/c26-19-11-20-21(12-24(27-20)32-18-10-22(30)23(13-29)31-14-18)28-25(19)17-8-6-16(7-9-17)15-4-2-1-3-5-15/h1-9,11-12,18,22-23,27,29-30H,10,13-14H2/t18-,22+,23-/m1/s1. The molecule has 32 heavy (non-hydrogen) atoms. The molecule has 4 aromatic rings. The first kappa shape index (κ1) is 21.0. The lowest BCUT2D eigenvalue weighted by Crippen LogP contribution is -2.45. The minimum atomic E-state index is -0.763. The average Bonchev–Trinajstić information content (AvgIpc) is 3.20. The highest BCUT2D eigenvalue weighted by atomic mass is 35.5. The third kappa shape index (κ3) is 4.23. The van der Waals surface area contributed by atoms with Crippen LogP contribution in [-0.4, -0.2) is 51.7 Å². The number of rotatable bonds is 5. The maximum absolute atomic E-state index is 10.0. The largest absolute Gasteiger partial charge is 0.473 e. The van der Waals surface area contributed by atoms with Crippen LogP contribution in [0.3, 0.4) is 0 Å². The van der Waals surface area contributed by atoms with Gasteiger partial charge in [0.05, 0.1) is 41.1 Å². The molecule has 3 heterocycles. The van der Waals surface area contributed by atoms with Gasteiger partial charge in [0.1, 0.15) is 12.2 Å². The molecule has 2 aromatic carbocycles. The highest BCUT2D eigenvalue weighted by Gasteiger charge is 2.31. The maximum Gasteiger partial charge on any atom is 0.193 e. The van der Waals surface area contributed by atoms with Crippen LogP contribution < -0.4 is 4.74 Å². The number of ether oxygens (including phenoxy) is 2. The van der Waals surface area contributed by atoms with Crippen LogP contribution in [-0.2, 0) is 4.74 Å². The number of H-pyrrole nitrogens is 1.